The summed E-state index contributed by atoms with van der Waals surface area (Å²) in [6.45, 7) is 4.90. The Bertz CT molecular complexity index is 667. The van der Waals surface area contributed by atoms with Gasteiger partial charge in [0.05, 0.1) is 17.2 Å². The zero-order valence-corrected chi connectivity index (χ0v) is 13.8. The maximum atomic E-state index is 12.0. The molecule has 0 saturated carbocycles. The van der Waals surface area contributed by atoms with Crippen molar-refractivity contribution in [1.29, 1.82) is 0 Å². The summed E-state index contributed by atoms with van der Waals surface area (Å²) in [4.78, 5) is 12.0. The number of phenolic OH excluding ortho intramolecular Hbond substituents is 1. The van der Waals surface area contributed by atoms with Crippen LogP contribution in [0.3, 0.4) is 0 Å². The summed E-state index contributed by atoms with van der Waals surface area (Å²) in [5, 5.41) is 9.46. The molecule has 0 saturated heterocycles. The molecule has 1 atom stereocenters. The van der Waals surface area contributed by atoms with Gasteiger partial charge in [-0.25, -0.2) is 4.79 Å². The fraction of sp³-hybridized carbons (Fsp3) is 0.278. The van der Waals surface area contributed by atoms with Crippen LogP contribution in [0.1, 0.15) is 30.6 Å². The van der Waals surface area contributed by atoms with E-state index in [1.54, 1.807) is 24.3 Å². The quantitative estimate of drug-likeness (QED) is 0.615. The summed E-state index contributed by atoms with van der Waals surface area (Å²) in [5.41, 5.74) is 0.268. The van der Waals surface area contributed by atoms with E-state index in [1.165, 1.54) is 18.2 Å². The van der Waals surface area contributed by atoms with Crippen molar-refractivity contribution in [2.24, 2.45) is 5.92 Å². The first-order valence-corrected chi connectivity index (χ1v) is 7.81. The molecule has 0 fully saturated rings. The highest BCUT2D eigenvalue weighted by atomic mass is 35.5. The van der Waals surface area contributed by atoms with Gasteiger partial charge in [0.25, 0.3) is 0 Å². The van der Waals surface area contributed by atoms with E-state index in [2.05, 4.69) is 13.8 Å². The fourth-order valence-corrected chi connectivity index (χ4v) is 1.94. The molecule has 0 bridgehead atoms. The molecule has 2 rings (SSSR count). The largest absolute Gasteiger partial charge is 0.506 e. The van der Waals surface area contributed by atoms with Crippen LogP contribution in [-0.2, 0) is 0 Å². The number of hydrogen-bond acceptors (Lipinski definition) is 4. The zero-order valence-electron chi connectivity index (χ0n) is 13.1. The number of carbonyl (C=O) groups is 1. The van der Waals surface area contributed by atoms with Crippen LogP contribution in [0.25, 0.3) is 0 Å². The second kappa shape index (κ2) is 7.88. The molecule has 23 heavy (non-hydrogen) atoms. The van der Waals surface area contributed by atoms with Crippen LogP contribution in [0.15, 0.2) is 42.5 Å². The third-order valence-electron chi connectivity index (χ3n) is 3.45. The Morgan fingerprint density at radius 3 is 2.43 bits per heavy atom. The number of phenols is 1. The predicted octanol–water partition coefficient (Wildman–Crippen LogP) is 4.69. The highest BCUT2D eigenvalue weighted by Crippen LogP contribution is 2.25. The first kappa shape index (κ1) is 17.2. The Kier molecular flexibility index (Phi) is 5.88. The van der Waals surface area contributed by atoms with E-state index in [-0.39, 0.29) is 16.3 Å². The van der Waals surface area contributed by atoms with Gasteiger partial charge in [0.1, 0.15) is 17.2 Å². The molecular weight excluding hydrogens is 316 g/mol. The standard InChI is InChI=1S/C18H19ClO4/c1-3-12(2)11-22-14-5-7-15(8-6-14)23-18(21)13-4-9-17(20)16(19)10-13/h4-10,12,20H,3,11H2,1-2H3/t12-/m0/s1. The zero-order chi connectivity index (χ0) is 16.8. The lowest BCUT2D eigenvalue weighted by molar-refractivity contribution is 0.0734. The second-order valence-corrected chi connectivity index (χ2v) is 5.76. The van der Waals surface area contributed by atoms with Gasteiger partial charge in [0, 0.05) is 0 Å². The van der Waals surface area contributed by atoms with Gasteiger partial charge >= 0.3 is 5.97 Å². The molecule has 5 heteroatoms. The smallest absolute Gasteiger partial charge is 0.343 e. The Morgan fingerprint density at radius 2 is 1.83 bits per heavy atom. The van der Waals surface area contributed by atoms with Crippen molar-refractivity contribution in [2.45, 2.75) is 20.3 Å². The summed E-state index contributed by atoms with van der Waals surface area (Å²) in [5.74, 6) is 1.02. The minimum atomic E-state index is -0.542. The van der Waals surface area contributed by atoms with Crippen molar-refractivity contribution < 1.29 is 19.4 Å². The number of rotatable bonds is 6. The third-order valence-corrected chi connectivity index (χ3v) is 3.75. The van der Waals surface area contributed by atoms with Gasteiger partial charge < -0.3 is 14.6 Å². The minimum Gasteiger partial charge on any atom is -0.506 e. The van der Waals surface area contributed by atoms with Crippen molar-refractivity contribution in [3.05, 3.63) is 53.1 Å². The third kappa shape index (κ3) is 4.89. The Hall–Kier alpha value is -2.20. The first-order chi connectivity index (χ1) is 11.0. The lowest BCUT2D eigenvalue weighted by Crippen LogP contribution is -2.09. The van der Waals surface area contributed by atoms with Crippen molar-refractivity contribution in [2.75, 3.05) is 6.61 Å². The highest BCUT2D eigenvalue weighted by molar-refractivity contribution is 6.32. The number of halogens is 1. The van der Waals surface area contributed by atoms with Crippen LogP contribution < -0.4 is 9.47 Å². The lowest BCUT2D eigenvalue weighted by Gasteiger charge is -2.11. The molecule has 0 unspecified atom stereocenters. The van der Waals surface area contributed by atoms with E-state index >= 15 is 0 Å². The van der Waals surface area contributed by atoms with Crippen molar-refractivity contribution in [1.82, 2.24) is 0 Å². The molecular formula is C18H19ClO4. The monoisotopic (exact) mass is 334 g/mol. The fourth-order valence-electron chi connectivity index (χ4n) is 1.76. The molecule has 122 valence electrons. The van der Waals surface area contributed by atoms with Crippen molar-refractivity contribution >= 4 is 17.6 Å². The maximum Gasteiger partial charge on any atom is 0.343 e. The van der Waals surface area contributed by atoms with E-state index in [0.29, 0.717) is 18.3 Å². The van der Waals surface area contributed by atoms with Crippen LogP contribution in [0.4, 0.5) is 0 Å². The van der Waals surface area contributed by atoms with Crippen LogP contribution in [-0.4, -0.2) is 17.7 Å². The first-order valence-electron chi connectivity index (χ1n) is 7.43. The Labute approximate surface area is 140 Å². The highest BCUT2D eigenvalue weighted by Gasteiger charge is 2.11. The van der Waals surface area contributed by atoms with Gasteiger partial charge in [0.2, 0.25) is 0 Å². The number of aromatic hydroxyl groups is 1. The molecule has 0 amide bonds. The molecule has 0 spiro atoms. The van der Waals surface area contributed by atoms with Gasteiger partial charge in [-0.15, -0.1) is 0 Å². The number of benzene rings is 2. The van der Waals surface area contributed by atoms with Gasteiger partial charge in [-0.1, -0.05) is 31.9 Å². The molecule has 0 aliphatic rings. The predicted molar refractivity (Wildman–Crippen MR) is 89.5 cm³/mol. The van der Waals surface area contributed by atoms with Gasteiger partial charge in [-0.2, -0.15) is 0 Å². The SMILES string of the molecule is CC[C@H](C)COc1ccc(OC(=O)c2ccc(O)c(Cl)c2)cc1. The maximum absolute atomic E-state index is 12.0. The number of carbonyl (C=O) groups excluding carboxylic acids is 1. The average molecular weight is 335 g/mol. The lowest BCUT2D eigenvalue weighted by atomic mass is 10.1. The average Bonchev–Trinajstić information content (AvgIpc) is 2.56. The number of ether oxygens (including phenoxy) is 2. The van der Waals surface area contributed by atoms with Crippen LogP contribution in [0.2, 0.25) is 5.02 Å². The molecule has 1 N–H and O–H groups in total. The summed E-state index contributed by atoms with van der Waals surface area (Å²) >= 11 is 5.78. The summed E-state index contributed by atoms with van der Waals surface area (Å²) < 4.78 is 10.9. The molecule has 2 aromatic rings. The summed E-state index contributed by atoms with van der Waals surface area (Å²) in [6.07, 6.45) is 1.06. The molecule has 2 aromatic carbocycles. The van der Waals surface area contributed by atoms with Gasteiger partial charge in [-0.05, 0) is 48.4 Å². The van der Waals surface area contributed by atoms with Crippen LogP contribution in [0, 0.1) is 5.92 Å². The topological polar surface area (TPSA) is 55.8 Å². The molecule has 0 aliphatic carbocycles. The van der Waals surface area contributed by atoms with Gasteiger partial charge in [0.15, 0.2) is 0 Å². The van der Waals surface area contributed by atoms with Crippen molar-refractivity contribution in [3.63, 3.8) is 0 Å². The van der Waals surface area contributed by atoms with E-state index in [4.69, 9.17) is 21.1 Å². The van der Waals surface area contributed by atoms with Gasteiger partial charge in [-0.3, -0.25) is 0 Å². The Balaban J connectivity index is 1.97. The van der Waals surface area contributed by atoms with E-state index in [1.807, 2.05) is 0 Å². The van der Waals surface area contributed by atoms with Crippen LogP contribution >= 0.6 is 11.6 Å². The van der Waals surface area contributed by atoms with E-state index < -0.39 is 5.97 Å². The number of hydrogen-bond donors (Lipinski definition) is 1. The van der Waals surface area contributed by atoms with E-state index in [0.717, 1.165) is 12.2 Å². The minimum absolute atomic E-state index is 0.0778. The number of esters is 1. The van der Waals surface area contributed by atoms with Crippen molar-refractivity contribution in [3.8, 4) is 17.2 Å². The Morgan fingerprint density at radius 1 is 1.17 bits per heavy atom. The molecule has 0 aliphatic heterocycles. The second-order valence-electron chi connectivity index (χ2n) is 5.35. The normalized spacial score (nSPS) is 11.8. The summed E-state index contributed by atoms with van der Waals surface area (Å²) in [7, 11) is 0. The molecule has 0 aromatic heterocycles. The molecule has 4 nitrogen and oxygen atoms in total. The van der Waals surface area contributed by atoms with Crippen LogP contribution in [0.5, 0.6) is 17.2 Å². The molecule has 0 radical (unpaired) electrons. The summed E-state index contributed by atoms with van der Waals surface area (Å²) in [6, 6.07) is 11.0. The molecule has 0 heterocycles. The van der Waals surface area contributed by atoms with E-state index in [9.17, 15) is 9.90 Å².